The lowest BCUT2D eigenvalue weighted by atomic mass is 10.1. The highest BCUT2D eigenvalue weighted by Gasteiger charge is 2.28. The van der Waals surface area contributed by atoms with E-state index in [0.29, 0.717) is 17.4 Å². The van der Waals surface area contributed by atoms with Gasteiger partial charge in [0.1, 0.15) is 22.0 Å². The Hall–Kier alpha value is -4.92. The summed E-state index contributed by atoms with van der Waals surface area (Å²) in [4.78, 5) is 29.0. The first-order valence-corrected chi connectivity index (χ1v) is 12.9. The maximum absolute atomic E-state index is 12.9. The highest BCUT2D eigenvalue weighted by atomic mass is 32.2. The van der Waals surface area contributed by atoms with Crippen LogP contribution in [-0.2, 0) is 10.0 Å². The van der Waals surface area contributed by atoms with Crippen LogP contribution in [0.15, 0.2) is 47.4 Å². The number of hydrogen-bond acceptors (Lipinski definition) is 10. The molecule has 1 N–H and O–H groups in total. The van der Waals surface area contributed by atoms with Crippen molar-refractivity contribution in [3.8, 4) is 17.4 Å². The summed E-state index contributed by atoms with van der Waals surface area (Å²) < 4.78 is 35.6. The maximum atomic E-state index is 12.9. The highest BCUT2D eigenvalue weighted by molar-refractivity contribution is 7.92. The zero-order valence-electron chi connectivity index (χ0n) is 21.5. The van der Waals surface area contributed by atoms with Gasteiger partial charge < -0.3 is 4.74 Å². The van der Waals surface area contributed by atoms with E-state index in [9.17, 15) is 28.6 Å². The standard InChI is InChI=1S/C24H23N7O7S/c1-13-15(3)27-29(16(13)4)23-12-24(26-17(5)25-23)38-19-8-6-18(7-9-19)28-39(36,37)20-10-21(30(32)33)14(2)22(11-20)31(34)35/h6-12,28H,1-5H3. The topological polar surface area (TPSA) is 185 Å². The Kier molecular flexibility index (Phi) is 7.02. The quantitative estimate of drug-likeness (QED) is 0.238. The Labute approximate surface area is 222 Å². The van der Waals surface area contributed by atoms with Gasteiger partial charge >= 0.3 is 0 Å². The van der Waals surface area contributed by atoms with E-state index in [1.54, 1.807) is 17.7 Å². The normalized spacial score (nSPS) is 11.3. The van der Waals surface area contributed by atoms with Crippen LogP contribution in [-0.4, -0.2) is 38.0 Å². The van der Waals surface area contributed by atoms with E-state index < -0.39 is 36.1 Å². The Balaban J connectivity index is 1.57. The number of benzene rings is 2. The van der Waals surface area contributed by atoms with Gasteiger partial charge in [0, 0.05) is 29.6 Å². The summed E-state index contributed by atoms with van der Waals surface area (Å²) in [5.74, 6) is 1.57. The Morgan fingerprint density at radius 2 is 1.46 bits per heavy atom. The molecule has 0 fully saturated rings. The lowest BCUT2D eigenvalue weighted by molar-refractivity contribution is -0.395. The van der Waals surface area contributed by atoms with E-state index in [-0.39, 0.29) is 17.1 Å². The lowest BCUT2D eigenvalue weighted by Crippen LogP contribution is -2.14. The lowest BCUT2D eigenvalue weighted by Gasteiger charge is -2.11. The number of aryl methyl sites for hydroxylation is 2. The summed E-state index contributed by atoms with van der Waals surface area (Å²) in [5, 5.41) is 27.1. The van der Waals surface area contributed by atoms with Gasteiger partial charge in [0.2, 0.25) is 5.88 Å². The number of anilines is 1. The summed E-state index contributed by atoms with van der Waals surface area (Å²) in [5.41, 5.74) is 1.34. The molecule has 2 aromatic heterocycles. The Bertz CT molecular complexity index is 1700. The third-order valence-electron chi connectivity index (χ3n) is 6.03. The molecule has 15 heteroatoms. The average Bonchev–Trinajstić information content (AvgIpc) is 3.11. The average molecular weight is 554 g/mol. The number of aromatic nitrogens is 4. The number of rotatable bonds is 8. The van der Waals surface area contributed by atoms with Crippen molar-refractivity contribution in [1.82, 2.24) is 19.7 Å². The second-order valence-corrected chi connectivity index (χ2v) is 10.3. The fourth-order valence-electron chi connectivity index (χ4n) is 3.75. The predicted molar refractivity (Wildman–Crippen MR) is 140 cm³/mol. The molecule has 4 rings (SSSR count). The van der Waals surface area contributed by atoms with E-state index in [1.807, 2.05) is 20.8 Å². The number of nitrogens with zero attached hydrogens (tertiary/aromatic N) is 6. The van der Waals surface area contributed by atoms with Gasteiger partial charge in [0.05, 0.1) is 15.5 Å². The summed E-state index contributed by atoms with van der Waals surface area (Å²) >= 11 is 0. The van der Waals surface area contributed by atoms with Crippen LogP contribution in [0.25, 0.3) is 5.82 Å². The first-order chi connectivity index (χ1) is 18.3. The zero-order valence-corrected chi connectivity index (χ0v) is 22.3. The zero-order chi connectivity index (χ0) is 28.6. The van der Waals surface area contributed by atoms with Crippen LogP contribution >= 0.6 is 0 Å². The highest BCUT2D eigenvalue weighted by Crippen LogP contribution is 2.32. The van der Waals surface area contributed by atoms with E-state index >= 15 is 0 Å². The summed E-state index contributed by atoms with van der Waals surface area (Å²) in [6, 6.07) is 8.97. The van der Waals surface area contributed by atoms with Gasteiger partial charge in [-0.05, 0) is 64.4 Å². The van der Waals surface area contributed by atoms with Gasteiger partial charge in [-0.15, -0.1) is 0 Å². The molecule has 2 aromatic carbocycles. The molecule has 0 radical (unpaired) electrons. The van der Waals surface area contributed by atoms with Gasteiger partial charge in [-0.25, -0.2) is 18.1 Å². The molecule has 2 heterocycles. The molecule has 4 aromatic rings. The molecule has 0 unspecified atom stereocenters. The minimum Gasteiger partial charge on any atom is -0.439 e. The summed E-state index contributed by atoms with van der Waals surface area (Å²) in [6.07, 6.45) is 0. The summed E-state index contributed by atoms with van der Waals surface area (Å²) in [7, 11) is -4.39. The van der Waals surface area contributed by atoms with E-state index in [4.69, 9.17) is 4.74 Å². The Morgan fingerprint density at radius 3 is 1.97 bits per heavy atom. The molecule has 0 aliphatic heterocycles. The van der Waals surface area contributed by atoms with Gasteiger partial charge in [-0.1, -0.05) is 0 Å². The largest absolute Gasteiger partial charge is 0.439 e. The molecular formula is C24H23N7O7S. The number of nitrogens with one attached hydrogen (secondary N) is 1. The molecule has 0 spiro atoms. The van der Waals surface area contributed by atoms with Crippen LogP contribution in [0.3, 0.4) is 0 Å². The van der Waals surface area contributed by atoms with Crippen LogP contribution < -0.4 is 9.46 Å². The van der Waals surface area contributed by atoms with Gasteiger partial charge in [0.25, 0.3) is 21.4 Å². The molecule has 0 bridgehead atoms. The van der Waals surface area contributed by atoms with Crippen molar-refractivity contribution in [3.63, 3.8) is 0 Å². The van der Waals surface area contributed by atoms with Crippen LogP contribution in [0.4, 0.5) is 17.1 Å². The number of nitro groups is 2. The molecule has 0 atom stereocenters. The van der Waals surface area contributed by atoms with Crippen molar-refractivity contribution in [2.24, 2.45) is 0 Å². The third kappa shape index (κ3) is 5.52. The molecule has 39 heavy (non-hydrogen) atoms. The molecule has 0 aliphatic carbocycles. The molecule has 0 aliphatic rings. The van der Waals surface area contributed by atoms with Gasteiger partial charge in [-0.3, -0.25) is 25.0 Å². The third-order valence-corrected chi connectivity index (χ3v) is 7.39. The van der Waals surface area contributed by atoms with Gasteiger partial charge in [0.15, 0.2) is 5.82 Å². The molecule has 202 valence electrons. The van der Waals surface area contributed by atoms with Crippen LogP contribution in [0.1, 0.15) is 28.3 Å². The monoisotopic (exact) mass is 553 g/mol. The number of ether oxygens (including phenoxy) is 1. The van der Waals surface area contributed by atoms with E-state index in [2.05, 4.69) is 19.8 Å². The molecule has 0 saturated heterocycles. The fourth-order valence-corrected chi connectivity index (χ4v) is 4.85. The van der Waals surface area contributed by atoms with Gasteiger partial charge in [-0.2, -0.15) is 10.1 Å². The number of sulfonamides is 1. The van der Waals surface area contributed by atoms with Crippen LogP contribution in [0.5, 0.6) is 11.6 Å². The van der Waals surface area contributed by atoms with Crippen molar-refractivity contribution in [2.45, 2.75) is 39.5 Å². The Morgan fingerprint density at radius 1 is 0.872 bits per heavy atom. The maximum Gasteiger partial charge on any atom is 0.280 e. The SMILES string of the molecule is Cc1nc(Oc2ccc(NS(=O)(=O)c3cc([N+](=O)[O-])c(C)c([N+](=O)[O-])c3)cc2)cc(-n2nc(C)c(C)c2C)n1. The van der Waals surface area contributed by atoms with Crippen LogP contribution in [0.2, 0.25) is 0 Å². The minimum absolute atomic E-state index is 0.103. The van der Waals surface area contributed by atoms with Crippen molar-refractivity contribution in [2.75, 3.05) is 4.72 Å². The second kappa shape index (κ2) is 10.1. The van der Waals surface area contributed by atoms with Crippen molar-refractivity contribution >= 4 is 27.1 Å². The molecule has 0 saturated carbocycles. The van der Waals surface area contributed by atoms with E-state index in [1.165, 1.54) is 31.2 Å². The first kappa shape index (κ1) is 27.1. The molecular weight excluding hydrogens is 530 g/mol. The first-order valence-electron chi connectivity index (χ1n) is 11.4. The second-order valence-electron chi connectivity index (χ2n) is 8.65. The predicted octanol–water partition coefficient (Wildman–Crippen LogP) is 4.61. The van der Waals surface area contributed by atoms with Crippen LogP contribution in [0, 0.1) is 54.8 Å². The van der Waals surface area contributed by atoms with Crippen molar-refractivity contribution in [3.05, 3.63) is 91.0 Å². The smallest absolute Gasteiger partial charge is 0.280 e. The van der Waals surface area contributed by atoms with E-state index in [0.717, 1.165) is 29.1 Å². The van der Waals surface area contributed by atoms with Crippen molar-refractivity contribution < 1.29 is 23.0 Å². The minimum atomic E-state index is -4.39. The summed E-state index contributed by atoms with van der Waals surface area (Å²) in [6.45, 7) is 8.70. The van der Waals surface area contributed by atoms with Crippen molar-refractivity contribution in [1.29, 1.82) is 0 Å². The number of nitro benzene ring substituents is 2. The fraction of sp³-hybridized carbons (Fsp3) is 0.208. The number of hydrogen-bond donors (Lipinski definition) is 1. The molecule has 0 amide bonds. The molecule has 14 nitrogen and oxygen atoms in total.